The molecule has 0 bridgehead atoms. The lowest BCUT2D eigenvalue weighted by atomic mass is 10.0. The third kappa shape index (κ3) is 10.7. The minimum Gasteiger partial charge on any atom is -0.380 e. The van der Waals surface area contributed by atoms with E-state index < -0.39 is 82.4 Å². The van der Waals surface area contributed by atoms with E-state index in [0.717, 1.165) is 17.0 Å². The topological polar surface area (TPSA) is 182 Å². The van der Waals surface area contributed by atoms with Gasteiger partial charge in [0, 0.05) is 73.5 Å². The van der Waals surface area contributed by atoms with E-state index in [-0.39, 0.29) is 48.3 Å². The monoisotopic (exact) mass is 958 g/mol. The van der Waals surface area contributed by atoms with Gasteiger partial charge in [-0.3, -0.25) is 29.4 Å². The second-order valence-corrected chi connectivity index (χ2v) is 21.0. The van der Waals surface area contributed by atoms with Crippen molar-refractivity contribution < 1.29 is 53.6 Å². The molecule has 3 unspecified atom stereocenters. The first kappa shape index (κ1) is 47.6. The van der Waals surface area contributed by atoms with Crippen molar-refractivity contribution in [1.29, 1.82) is 0 Å². The predicted molar refractivity (Wildman–Crippen MR) is 233 cm³/mol. The number of carbonyl (C=O) groups excluding carboxylic acids is 4. The first-order valence-corrected chi connectivity index (χ1v) is 24.6. The summed E-state index contributed by atoms with van der Waals surface area (Å²) in [5, 5.41) is 5.23. The van der Waals surface area contributed by atoms with Crippen molar-refractivity contribution in [3.8, 4) is 0 Å². The highest BCUT2D eigenvalue weighted by Gasteiger charge is 2.49. The molecule has 0 saturated carbocycles. The summed E-state index contributed by atoms with van der Waals surface area (Å²) in [5.74, 6) is -3.09. The Morgan fingerprint density at radius 1 is 0.908 bits per heavy atom. The van der Waals surface area contributed by atoms with Crippen molar-refractivity contribution in [2.75, 3.05) is 30.7 Å². The molecule has 0 radical (unpaired) electrons. The maximum Gasteiger partial charge on any atom is 0.501 e. The fourth-order valence-corrected chi connectivity index (χ4v) is 11.4. The lowest BCUT2D eigenvalue weighted by Crippen LogP contribution is -2.56. The number of amides is 4. The lowest BCUT2D eigenvalue weighted by molar-refractivity contribution is -0.136. The zero-order valence-electron chi connectivity index (χ0n) is 35.2. The molecule has 4 amide bonds. The highest BCUT2D eigenvalue weighted by Crippen LogP contribution is 2.37. The summed E-state index contributed by atoms with van der Waals surface area (Å²) in [6.07, 6.45) is 0.551. The van der Waals surface area contributed by atoms with E-state index in [1.807, 2.05) is 44.2 Å². The highest BCUT2D eigenvalue weighted by molar-refractivity contribution is 7.99. The third-order valence-electron chi connectivity index (χ3n) is 11.6. The second kappa shape index (κ2) is 19.2. The fourth-order valence-electron chi connectivity index (χ4n) is 8.42. The standard InChI is InChI=1S/C44H46F4N6O8S3/c1-27-22-52(23-28(2)53(27)24-29-19-31-25-54(43(58)40(31)35(45)20-29)37-15-16-39(55)50-42(37)57)18-17-32(26-63-33-11-7-4-8-12-33)49-36-14-13-34(21-38(36)64(59,60)44(46,47)48)65(61,62)51-41(56)30-9-5-3-6-10-30/h3-14,19-21,27-28,32,37,49H,15-18,22-26H2,1-2H3,(H,51,56)(H,50,55,57)/t27?,28?,32-,37?/m1/s1. The quantitative estimate of drug-likeness (QED) is 0.0769. The lowest BCUT2D eigenvalue weighted by Gasteiger charge is -2.45. The van der Waals surface area contributed by atoms with Crippen LogP contribution in [0.15, 0.2) is 106 Å². The minimum absolute atomic E-state index is 0.0295. The van der Waals surface area contributed by atoms with Crippen molar-refractivity contribution in [3.63, 3.8) is 0 Å². The van der Waals surface area contributed by atoms with Crippen LogP contribution in [0.5, 0.6) is 0 Å². The molecule has 0 spiro atoms. The number of halogens is 4. The van der Waals surface area contributed by atoms with Gasteiger partial charge in [0.2, 0.25) is 11.8 Å². The summed E-state index contributed by atoms with van der Waals surface area (Å²) >= 11 is 1.39. The van der Waals surface area contributed by atoms with E-state index in [4.69, 9.17) is 0 Å². The molecular formula is C44H46F4N6O8S3. The van der Waals surface area contributed by atoms with E-state index in [0.29, 0.717) is 49.8 Å². The number of hydrogen-bond acceptors (Lipinski definition) is 12. The molecule has 7 rings (SSSR count). The summed E-state index contributed by atoms with van der Waals surface area (Å²) in [7, 11) is -11.0. The number of carbonyl (C=O) groups is 4. The van der Waals surface area contributed by atoms with E-state index in [1.54, 1.807) is 16.9 Å². The number of piperidine rings is 1. The van der Waals surface area contributed by atoms with Crippen LogP contribution >= 0.6 is 11.8 Å². The number of rotatable bonds is 15. The van der Waals surface area contributed by atoms with Crippen LogP contribution in [0.3, 0.4) is 0 Å². The first-order chi connectivity index (χ1) is 30.7. The van der Waals surface area contributed by atoms with Gasteiger partial charge in [-0.15, -0.1) is 11.8 Å². The molecule has 3 heterocycles. The number of sulfonamides is 1. The largest absolute Gasteiger partial charge is 0.501 e. The van der Waals surface area contributed by atoms with Gasteiger partial charge in [0.1, 0.15) is 16.8 Å². The molecule has 3 aliphatic heterocycles. The number of sulfone groups is 1. The van der Waals surface area contributed by atoms with Gasteiger partial charge >= 0.3 is 5.51 Å². The second-order valence-electron chi connectivity index (χ2n) is 16.3. The number of thioether (sulfide) groups is 1. The van der Waals surface area contributed by atoms with Gasteiger partial charge in [0.15, 0.2) is 0 Å². The van der Waals surface area contributed by atoms with Crippen molar-refractivity contribution in [1.82, 2.24) is 24.7 Å². The average molecular weight is 959 g/mol. The van der Waals surface area contributed by atoms with Gasteiger partial charge in [-0.2, -0.15) is 13.2 Å². The molecule has 0 aromatic heterocycles. The minimum atomic E-state index is -6.12. The molecule has 2 fully saturated rings. The smallest absolute Gasteiger partial charge is 0.380 e. The molecule has 4 aromatic carbocycles. The number of piperazine rings is 1. The number of imide groups is 1. The Balaban J connectivity index is 1.06. The van der Waals surface area contributed by atoms with Crippen LogP contribution in [-0.2, 0) is 42.5 Å². The van der Waals surface area contributed by atoms with Crippen molar-refractivity contribution in [2.45, 2.75) is 90.6 Å². The average Bonchev–Trinajstić information content (AvgIpc) is 3.58. The number of nitrogens with zero attached hydrogens (tertiary/aromatic N) is 3. The molecule has 2 saturated heterocycles. The Morgan fingerprint density at radius 2 is 1.57 bits per heavy atom. The van der Waals surface area contributed by atoms with Crippen molar-refractivity contribution in [3.05, 3.63) is 119 Å². The number of nitrogens with one attached hydrogen (secondary N) is 3. The normalized spacial score (nSPS) is 20.3. The highest BCUT2D eigenvalue weighted by atomic mass is 32.2. The number of alkyl halides is 3. The molecule has 0 aliphatic carbocycles. The van der Waals surface area contributed by atoms with Gasteiger partial charge in [-0.25, -0.2) is 25.9 Å². The molecule has 21 heteroatoms. The molecule has 4 atom stereocenters. The Bertz CT molecular complexity index is 2680. The number of fused-ring (bicyclic) bond motifs is 1. The molecule has 346 valence electrons. The van der Waals surface area contributed by atoms with Crippen LogP contribution in [0.2, 0.25) is 0 Å². The Kier molecular flexibility index (Phi) is 14.1. The van der Waals surface area contributed by atoms with Crippen LogP contribution in [0.25, 0.3) is 0 Å². The molecule has 65 heavy (non-hydrogen) atoms. The summed E-state index contributed by atoms with van der Waals surface area (Å²) in [6, 6.07) is 20.1. The van der Waals surface area contributed by atoms with Crippen LogP contribution in [0, 0.1) is 5.82 Å². The zero-order valence-corrected chi connectivity index (χ0v) is 37.6. The van der Waals surface area contributed by atoms with Gasteiger partial charge in [-0.1, -0.05) is 42.5 Å². The zero-order chi connectivity index (χ0) is 46.8. The predicted octanol–water partition coefficient (Wildman–Crippen LogP) is 5.56. The summed E-state index contributed by atoms with van der Waals surface area (Å²) < 4.78 is 113. The molecule has 3 aliphatic rings. The van der Waals surface area contributed by atoms with Crippen LogP contribution in [0.4, 0.5) is 23.2 Å². The van der Waals surface area contributed by atoms with Crippen molar-refractivity contribution >= 4 is 60.9 Å². The van der Waals surface area contributed by atoms with Crippen molar-refractivity contribution in [2.24, 2.45) is 0 Å². The number of anilines is 1. The maximum atomic E-state index is 15.6. The van der Waals surface area contributed by atoms with Crippen LogP contribution in [0.1, 0.15) is 65.0 Å². The SMILES string of the molecule is CC1CN(CC[C@H](CSc2ccccc2)Nc2ccc(S(=O)(=O)NC(=O)c3ccccc3)cc2S(=O)(=O)C(F)(F)F)CC(C)N1Cc1cc(F)c2c(c1)CN(C1CCC(=O)NC1=O)C2=O. The fraction of sp³-hybridized carbons (Fsp3) is 0.364. The molecule has 3 N–H and O–H groups in total. The van der Waals surface area contributed by atoms with Crippen LogP contribution in [-0.4, -0.2) is 110 Å². The summed E-state index contributed by atoms with van der Waals surface area (Å²) in [4.78, 5) is 54.5. The van der Waals surface area contributed by atoms with Crippen LogP contribution < -0.4 is 15.4 Å². The Morgan fingerprint density at radius 3 is 2.22 bits per heavy atom. The Labute approximate surface area is 378 Å². The van der Waals surface area contributed by atoms with Gasteiger partial charge in [0.05, 0.1) is 16.1 Å². The molecular weight excluding hydrogens is 913 g/mol. The first-order valence-electron chi connectivity index (χ1n) is 20.7. The third-order valence-corrected chi connectivity index (χ3v) is 15.7. The van der Waals surface area contributed by atoms with E-state index in [9.17, 15) is 49.2 Å². The van der Waals surface area contributed by atoms with E-state index in [2.05, 4.69) is 20.4 Å². The summed E-state index contributed by atoms with van der Waals surface area (Å²) in [6.45, 7) is 5.92. The van der Waals surface area contributed by atoms with E-state index >= 15 is 4.39 Å². The summed E-state index contributed by atoms with van der Waals surface area (Å²) in [5.41, 5.74) is -5.30. The number of hydrogen-bond donors (Lipinski definition) is 3. The number of benzene rings is 4. The Hall–Kier alpha value is -5.35. The molecule has 14 nitrogen and oxygen atoms in total. The van der Waals surface area contributed by atoms with Gasteiger partial charge < -0.3 is 15.1 Å². The van der Waals surface area contributed by atoms with Gasteiger partial charge in [-0.05, 0) is 86.3 Å². The van der Waals surface area contributed by atoms with Gasteiger partial charge in [0.25, 0.3) is 31.7 Å². The maximum absolute atomic E-state index is 15.6. The molecule has 4 aromatic rings. The van der Waals surface area contributed by atoms with E-state index in [1.165, 1.54) is 47.0 Å².